The zero-order valence-electron chi connectivity index (χ0n) is 17.8. The van der Waals surface area contributed by atoms with Crippen LogP contribution < -0.4 is 10.2 Å². The van der Waals surface area contributed by atoms with E-state index in [4.69, 9.17) is 11.6 Å². The number of aromatic nitrogens is 3. The average molecular weight is 484 g/mol. The van der Waals surface area contributed by atoms with Gasteiger partial charge in [0.1, 0.15) is 11.6 Å². The molecule has 1 aromatic carbocycles. The van der Waals surface area contributed by atoms with Crippen molar-refractivity contribution in [3.8, 4) is 0 Å². The van der Waals surface area contributed by atoms with Crippen LogP contribution in [0.25, 0.3) is 5.52 Å². The Bertz CT molecular complexity index is 1360. The van der Waals surface area contributed by atoms with Gasteiger partial charge in [0, 0.05) is 31.1 Å². The lowest BCUT2D eigenvalue weighted by molar-refractivity contribution is -0.116. The van der Waals surface area contributed by atoms with E-state index in [1.807, 2.05) is 12.3 Å². The summed E-state index contributed by atoms with van der Waals surface area (Å²) in [5.74, 6) is -0.843. The molecule has 3 heterocycles. The highest BCUT2D eigenvalue weighted by Crippen LogP contribution is 2.36. The minimum Gasteiger partial charge on any atom is -0.326 e. The van der Waals surface area contributed by atoms with Gasteiger partial charge in [0.15, 0.2) is 0 Å². The first-order valence-corrected chi connectivity index (χ1v) is 11.5. The molecule has 4 rings (SSSR count). The van der Waals surface area contributed by atoms with E-state index in [-0.39, 0.29) is 23.3 Å². The molecular formula is C23H19ClFN5O2S. The van der Waals surface area contributed by atoms with E-state index < -0.39 is 5.82 Å². The van der Waals surface area contributed by atoms with Gasteiger partial charge < -0.3 is 5.32 Å². The van der Waals surface area contributed by atoms with Crippen LogP contribution in [0.1, 0.15) is 12.5 Å². The Morgan fingerprint density at radius 3 is 2.79 bits per heavy atom. The van der Waals surface area contributed by atoms with Crippen LogP contribution in [-0.4, -0.2) is 32.7 Å². The number of hydrogen-bond donors (Lipinski definition) is 1. The van der Waals surface area contributed by atoms with Crippen LogP contribution in [0.2, 0.25) is 5.02 Å². The third-order valence-corrected chi connectivity index (χ3v) is 6.16. The average Bonchev–Trinajstić information content (AvgIpc) is 3.26. The standard InChI is InChI=1S/C23H19ClFN5O2S/c1-14(31)30(19-8-11-29-18(7-10-27-29)23(19)33-2)20-13-16(6-9-26-20)28-21(32)12-15-4-3-5-17(25)22(15)24/h3-11,13H,12H2,1-2H3,(H,26,28,32). The molecular weight excluding hydrogens is 465 g/mol. The molecule has 0 unspecified atom stereocenters. The van der Waals surface area contributed by atoms with Gasteiger partial charge in [-0.3, -0.25) is 14.5 Å². The first-order chi connectivity index (χ1) is 15.9. The van der Waals surface area contributed by atoms with E-state index in [2.05, 4.69) is 15.4 Å². The number of thioether (sulfide) groups is 1. The van der Waals surface area contributed by atoms with Gasteiger partial charge in [0.05, 0.1) is 33.7 Å². The number of fused-ring (bicyclic) bond motifs is 1. The lowest BCUT2D eigenvalue weighted by atomic mass is 10.1. The van der Waals surface area contributed by atoms with Crippen molar-refractivity contribution in [1.82, 2.24) is 14.6 Å². The number of benzene rings is 1. The lowest BCUT2D eigenvalue weighted by Crippen LogP contribution is -2.25. The predicted molar refractivity (Wildman–Crippen MR) is 128 cm³/mol. The molecule has 0 saturated carbocycles. The molecule has 0 bridgehead atoms. The largest absolute Gasteiger partial charge is 0.326 e. The maximum atomic E-state index is 13.7. The summed E-state index contributed by atoms with van der Waals surface area (Å²) in [4.78, 5) is 31.9. The highest BCUT2D eigenvalue weighted by Gasteiger charge is 2.21. The summed E-state index contributed by atoms with van der Waals surface area (Å²) < 4.78 is 15.4. The van der Waals surface area contributed by atoms with Crippen molar-refractivity contribution in [1.29, 1.82) is 0 Å². The Balaban J connectivity index is 1.63. The summed E-state index contributed by atoms with van der Waals surface area (Å²) in [6.07, 6.45) is 6.79. The fourth-order valence-electron chi connectivity index (χ4n) is 3.48. The number of carbonyl (C=O) groups excluding carboxylic acids is 2. The third-order valence-electron chi connectivity index (χ3n) is 4.91. The van der Waals surface area contributed by atoms with Crippen molar-refractivity contribution >= 4 is 57.9 Å². The van der Waals surface area contributed by atoms with Crippen LogP contribution in [0.5, 0.6) is 0 Å². The Kier molecular flexibility index (Phi) is 6.62. The van der Waals surface area contributed by atoms with Crippen molar-refractivity contribution in [3.63, 3.8) is 0 Å². The zero-order valence-corrected chi connectivity index (χ0v) is 19.3. The smallest absolute Gasteiger partial charge is 0.229 e. The van der Waals surface area contributed by atoms with Crippen molar-refractivity contribution < 1.29 is 14.0 Å². The number of nitrogens with one attached hydrogen (secondary N) is 1. The van der Waals surface area contributed by atoms with E-state index in [0.29, 0.717) is 22.8 Å². The minimum absolute atomic E-state index is 0.0781. The summed E-state index contributed by atoms with van der Waals surface area (Å²) in [5.41, 5.74) is 2.35. The molecule has 7 nitrogen and oxygen atoms in total. The van der Waals surface area contributed by atoms with Gasteiger partial charge in [-0.25, -0.2) is 13.9 Å². The number of carbonyl (C=O) groups is 2. The molecule has 2 amide bonds. The molecule has 0 spiro atoms. The highest BCUT2D eigenvalue weighted by atomic mass is 35.5. The Hall–Kier alpha value is -3.43. The van der Waals surface area contributed by atoms with E-state index in [9.17, 15) is 14.0 Å². The van der Waals surface area contributed by atoms with Gasteiger partial charge in [-0.2, -0.15) is 5.10 Å². The normalized spacial score (nSPS) is 10.9. The van der Waals surface area contributed by atoms with Gasteiger partial charge in [-0.15, -0.1) is 11.8 Å². The second kappa shape index (κ2) is 9.60. The zero-order chi connectivity index (χ0) is 23.5. The molecule has 3 aromatic heterocycles. The number of hydrogen-bond acceptors (Lipinski definition) is 5. The Morgan fingerprint density at radius 1 is 1.21 bits per heavy atom. The van der Waals surface area contributed by atoms with Crippen LogP contribution in [0, 0.1) is 5.82 Å². The maximum Gasteiger partial charge on any atom is 0.229 e. The summed E-state index contributed by atoms with van der Waals surface area (Å²) in [6.45, 7) is 1.45. The number of nitrogens with zero attached hydrogens (tertiary/aromatic N) is 4. The number of rotatable bonds is 6. The number of anilines is 3. The fraction of sp³-hybridized carbons (Fsp3) is 0.130. The Morgan fingerprint density at radius 2 is 2.03 bits per heavy atom. The van der Waals surface area contributed by atoms with Gasteiger partial charge in [-0.1, -0.05) is 23.7 Å². The van der Waals surface area contributed by atoms with Gasteiger partial charge in [-0.05, 0) is 36.1 Å². The van der Waals surface area contributed by atoms with Gasteiger partial charge in [0.2, 0.25) is 11.8 Å². The van der Waals surface area contributed by atoms with Gasteiger partial charge >= 0.3 is 0 Å². The quantitative estimate of drug-likeness (QED) is 0.385. The van der Waals surface area contributed by atoms with Crippen LogP contribution >= 0.6 is 23.4 Å². The van der Waals surface area contributed by atoms with E-state index in [1.165, 1.54) is 41.9 Å². The number of pyridine rings is 2. The van der Waals surface area contributed by atoms with Crippen LogP contribution in [0.4, 0.5) is 21.6 Å². The van der Waals surface area contributed by atoms with E-state index in [0.717, 1.165) is 10.4 Å². The van der Waals surface area contributed by atoms with Crippen LogP contribution in [0.3, 0.4) is 0 Å². The molecule has 0 atom stereocenters. The first-order valence-electron chi connectivity index (χ1n) is 9.89. The van der Waals surface area contributed by atoms with E-state index >= 15 is 0 Å². The van der Waals surface area contributed by atoms with E-state index in [1.54, 1.807) is 41.2 Å². The molecule has 1 N–H and O–H groups in total. The molecule has 0 saturated heterocycles. The Labute approximate surface area is 198 Å². The maximum absolute atomic E-state index is 13.7. The summed E-state index contributed by atoms with van der Waals surface area (Å²) >= 11 is 7.45. The first kappa shape index (κ1) is 22.8. The van der Waals surface area contributed by atoms with Crippen molar-refractivity contribution in [2.75, 3.05) is 16.5 Å². The molecule has 33 heavy (non-hydrogen) atoms. The number of halogens is 2. The summed E-state index contributed by atoms with van der Waals surface area (Å²) in [7, 11) is 0. The second-order valence-corrected chi connectivity index (χ2v) is 8.28. The highest BCUT2D eigenvalue weighted by molar-refractivity contribution is 7.99. The summed E-state index contributed by atoms with van der Waals surface area (Å²) in [6, 6.07) is 11.2. The molecule has 4 aromatic rings. The predicted octanol–water partition coefficient (Wildman–Crippen LogP) is 5.11. The molecule has 168 valence electrons. The molecule has 0 aliphatic rings. The fourth-order valence-corrected chi connectivity index (χ4v) is 4.41. The SMILES string of the molecule is CSc1c(N(C(C)=O)c2cc(NC(=O)Cc3cccc(F)c3Cl)ccn2)ccn2nccc12. The third kappa shape index (κ3) is 4.69. The molecule has 0 aliphatic heterocycles. The summed E-state index contributed by atoms with van der Waals surface area (Å²) in [5, 5.41) is 6.92. The molecule has 10 heteroatoms. The van der Waals surface area contributed by atoms with Crippen molar-refractivity contribution in [2.24, 2.45) is 0 Å². The monoisotopic (exact) mass is 483 g/mol. The van der Waals surface area contributed by atoms with Crippen molar-refractivity contribution in [3.05, 3.63) is 77.5 Å². The molecule has 0 fully saturated rings. The molecule has 0 radical (unpaired) electrons. The van der Waals surface area contributed by atoms with Gasteiger partial charge in [0.25, 0.3) is 0 Å². The second-order valence-electron chi connectivity index (χ2n) is 7.09. The van der Waals surface area contributed by atoms with Crippen LogP contribution in [-0.2, 0) is 16.0 Å². The minimum atomic E-state index is -0.579. The van der Waals surface area contributed by atoms with Crippen molar-refractivity contribution in [2.45, 2.75) is 18.2 Å². The lowest BCUT2D eigenvalue weighted by Gasteiger charge is -2.23. The molecule has 0 aliphatic carbocycles. The number of amides is 2. The topological polar surface area (TPSA) is 79.6 Å². The van der Waals surface area contributed by atoms with Crippen LogP contribution in [0.15, 0.2) is 66.0 Å².